The van der Waals surface area contributed by atoms with Crippen LogP contribution in [0.1, 0.15) is 35.3 Å². The van der Waals surface area contributed by atoms with Crippen molar-refractivity contribution < 1.29 is 39.9 Å². The molecule has 1 heterocycles. The number of aromatic nitrogens is 1. The monoisotopic (exact) mass is 441 g/mol. The van der Waals surface area contributed by atoms with Crippen LogP contribution in [0.25, 0.3) is 0 Å². The van der Waals surface area contributed by atoms with Gasteiger partial charge in [0.25, 0.3) is 0 Å². The van der Waals surface area contributed by atoms with Crippen LogP contribution in [0.5, 0.6) is 0 Å². The van der Waals surface area contributed by atoms with Crippen LogP contribution in [0.3, 0.4) is 0 Å². The fourth-order valence-electron chi connectivity index (χ4n) is 2.50. The van der Waals surface area contributed by atoms with Crippen LogP contribution in [-0.2, 0) is 12.9 Å². The molecule has 4 nitrogen and oxygen atoms in total. The molecule has 0 saturated carbocycles. The van der Waals surface area contributed by atoms with E-state index in [1.54, 1.807) is 5.32 Å². The number of hydrogen-bond donors (Lipinski definition) is 2. The van der Waals surface area contributed by atoms with Gasteiger partial charge in [-0.15, -0.1) is 0 Å². The highest BCUT2D eigenvalue weighted by molar-refractivity contribution is 5.75. The Bertz CT molecular complexity index is 898. The second kappa shape index (κ2) is 8.84. The molecule has 1 aromatic carbocycles. The Hall–Kier alpha value is -2.92. The average Bonchev–Trinajstić information content (AvgIpc) is 2.64. The Morgan fingerprint density at radius 2 is 1.77 bits per heavy atom. The molecule has 0 aliphatic rings. The van der Waals surface area contributed by atoms with Crippen molar-refractivity contribution in [3.63, 3.8) is 0 Å². The van der Waals surface area contributed by atoms with Crippen molar-refractivity contribution in [3.8, 4) is 0 Å². The molecule has 0 aliphatic carbocycles. The van der Waals surface area contributed by atoms with E-state index in [9.17, 15) is 39.9 Å². The topological polar surface area (TPSA) is 54.0 Å². The number of hydrogen-bond acceptors (Lipinski definition) is 2. The molecule has 2 amide bonds. The maximum atomic E-state index is 14.0. The molecule has 30 heavy (non-hydrogen) atoms. The summed E-state index contributed by atoms with van der Waals surface area (Å²) in [4.78, 5) is 15.6. The quantitative estimate of drug-likeness (QED) is 0.639. The van der Waals surface area contributed by atoms with Crippen LogP contribution in [-0.4, -0.2) is 23.2 Å². The number of benzene rings is 1. The lowest BCUT2D eigenvalue weighted by molar-refractivity contribution is -0.148. The highest BCUT2D eigenvalue weighted by Crippen LogP contribution is 2.35. The molecular weight excluding hydrogens is 426 g/mol. The summed E-state index contributed by atoms with van der Waals surface area (Å²) in [6.45, 7) is -0.558. The Balaban J connectivity index is 2.50. The zero-order chi connectivity index (χ0) is 22.7. The second-order valence-corrected chi connectivity index (χ2v) is 6.23. The molecule has 2 aromatic rings. The van der Waals surface area contributed by atoms with Gasteiger partial charge in [-0.3, -0.25) is 4.98 Å². The first kappa shape index (κ1) is 23.4. The zero-order valence-corrected chi connectivity index (χ0v) is 15.2. The molecule has 2 rings (SSSR count). The number of carbonyl (C=O) groups excluding carboxylic acids is 1. The smallest absolute Gasteiger partial charge is 0.327 e. The normalized spacial score (nSPS) is 14.2. The zero-order valence-electron chi connectivity index (χ0n) is 15.2. The van der Waals surface area contributed by atoms with Gasteiger partial charge in [0.2, 0.25) is 0 Å². The first-order valence-corrected chi connectivity index (χ1v) is 8.34. The molecule has 164 valence electrons. The highest BCUT2D eigenvalue weighted by Gasteiger charge is 2.39. The molecule has 0 unspecified atom stereocenters. The van der Waals surface area contributed by atoms with Gasteiger partial charge in [-0.25, -0.2) is 13.6 Å². The van der Waals surface area contributed by atoms with Crippen LogP contribution in [0.4, 0.5) is 39.9 Å². The van der Waals surface area contributed by atoms with Crippen molar-refractivity contribution in [1.82, 2.24) is 15.6 Å². The minimum Gasteiger partial charge on any atom is -0.327 e. The largest absolute Gasteiger partial charge is 0.418 e. The summed E-state index contributed by atoms with van der Waals surface area (Å²) in [5, 5.41) is 3.50. The van der Waals surface area contributed by atoms with E-state index >= 15 is 0 Å². The van der Waals surface area contributed by atoms with Crippen molar-refractivity contribution in [2.24, 2.45) is 0 Å². The lowest BCUT2D eigenvalue weighted by atomic mass is 9.97. The maximum absolute atomic E-state index is 14.0. The van der Waals surface area contributed by atoms with Crippen molar-refractivity contribution in [2.45, 2.75) is 38.0 Å². The van der Waals surface area contributed by atoms with E-state index in [1.165, 1.54) is 0 Å². The van der Waals surface area contributed by atoms with Gasteiger partial charge >= 0.3 is 18.4 Å². The number of rotatable bonds is 5. The molecule has 2 atom stereocenters. The number of pyridine rings is 1. The van der Waals surface area contributed by atoms with E-state index in [1.807, 2.05) is 5.32 Å². The number of nitrogens with one attached hydrogen (secondary N) is 2. The number of urea groups is 1. The standard InChI is InChI=1S/C18H15F8N3O/c1-9(17(21,22)23)28-16(30)29-14(10-4-5-11(8-19)13(20)7-10)15-12(18(24,25)26)3-2-6-27-15/h2-7,9,14H,8H2,1H3,(H2,28,29,30)/t9-,14-/m0/s1. The number of nitrogens with zero attached hydrogens (tertiary/aromatic N) is 1. The Labute approximate surface area is 165 Å². The fraction of sp³-hybridized carbons (Fsp3) is 0.333. The van der Waals surface area contributed by atoms with Gasteiger partial charge in [0.15, 0.2) is 0 Å². The minimum atomic E-state index is -4.92. The molecular formula is C18H15F8N3O. The number of halogens is 8. The van der Waals surface area contributed by atoms with Gasteiger partial charge in [0.1, 0.15) is 18.5 Å². The summed E-state index contributed by atoms with van der Waals surface area (Å²) in [6.07, 6.45) is -8.75. The number of alkyl halides is 7. The lowest BCUT2D eigenvalue weighted by Crippen LogP contribution is -2.48. The van der Waals surface area contributed by atoms with Crippen LogP contribution in [0.2, 0.25) is 0 Å². The Morgan fingerprint density at radius 3 is 2.30 bits per heavy atom. The molecule has 0 spiro atoms. The van der Waals surface area contributed by atoms with Crippen LogP contribution in [0.15, 0.2) is 36.5 Å². The Kier molecular flexibility index (Phi) is 6.88. The first-order chi connectivity index (χ1) is 13.8. The first-order valence-electron chi connectivity index (χ1n) is 8.34. The van der Waals surface area contributed by atoms with E-state index < -0.39 is 54.2 Å². The van der Waals surface area contributed by atoms with E-state index in [-0.39, 0.29) is 11.1 Å². The number of carbonyl (C=O) groups is 1. The third kappa shape index (κ3) is 5.57. The average molecular weight is 441 g/mol. The third-order valence-corrected chi connectivity index (χ3v) is 4.09. The van der Waals surface area contributed by atoms with Crippen LogP contribution in [0, 0.1) is 5.82 Å². The van der Waals surface area contributed by atoms with Crippen molar-refractivity contribution >= 4 is 6.03 Å². The minimum absolute atomic E-state index is 0.274. The summed E-state index contributed by atoms with van der Waals surface area (Å²) >= 11 is 0. The van der Waals surface area contributed by atoms with Crippen molar-refractivity contribution in [1.29, 1.82) is 0 Å². The predicted octanol–water partition coefficient (Wildman–Crippen LogP) is 5.05. The van der Waals surface area contributed by atoms with E-state index in [0.717, 1.165) is 24.4 Å². The fourth-order valence-corrected chi connectivity index (χ4v) is 2.50. The summed E-state index contributed by atoms with van der Waals surface area (Å²) < 4.78 is 105. The maximum Gasteiger partial charge on any atom is 0.418 e. The summed E-state index contributed by atoms with van der Waals surface area (Å²) in [5.74, 6) is -1.10. The summed E-state index contributed by atoms with van der Waals surface area (Å²) in [7, 11) is 0. The third-order valence-electron chi connectivity index (χ3n) is 4.09. The molecule has 0 bridgehead atoms. The molecule has 2 N–H and O–H groups in total. The lowest BCUT2D eigenvalue weighted by Gasteiger charge is -2.24. The highest BCUT2D eigenvalue weighted by atomic mass is 19.4. The molecule has 12 heteroatoms. The van der Waals surface area contributed by atoms with E-state index in [4.69, 9.17) is 0 Å². The van der Waals surface area contributed by atoms with Gasteiger partial charge in [-0.05, 0) is 30.7 Å². The molecule has 0 radical (unpaired) electrons. The van der Waals surface area contributed by atoms with Crippen LogP contribution < -0.4 is 10.6 Å². The van der Waals surface area contributed by atoms with Gasteiger partial charge in [-0.1, -0.05) is 12.1 Å². The molecule has 0 saturated heterocycles. The van der Waals surface area contributed by atoms with E-state index in [2.05, 4.69) is 4.98 Å². The molecule has 0 fully saturated rings. The number of amides is 2. The summed E-state index contributed by atoms with van der Waals surface area (Å²) in [6, 6.07) is -1.24. The van der Waals surface area contributed by atoms with Gasteiger partial charge in [-0.2, -0.15) is 26.3 Å². The van der Waals surface area contributed by atoms with Gasteiger partial charge in [0, 0.05) is 11.8 Å². The van der Waals surface area contributed by atoms with Gasteiger partial charge in [0.05, 0.1) is 17.3 Å². The van der Waals surface area contributed by atoms with E-state index in [0.29, 0.717) is 19.1 Å². The second-order valence-electron chi connectivity index (χ2n) is 6.23. The van der Waals surface area contributed by atoms with Crippen molar-refractivity contribution in [3.05, 3.63) is 64.7 Å². The Morgan fingerprint density at radius 1 is 1.10 bits per heavy atom. The predicted molar refractivity (Wildman–Crippen MR) is 89.5 cm³/mol. The van der Waals surface area contributed by atoms with Crippen molar-refractivity contribution in [2.75, 3.05) is 0 Å². The summed E-state index contributed by atoms with van der Waals surface area (Å²) in [5.41, 5.74) is -2.71. The SMILES string of the molecule is C[C@H](NC(=O)N[C@@H](c1ccc(CF)c(F)c1)c1ncccc1C(F)(F)F)C(F)(F)F. The van der Waals surface area contributed by atoms with Gasteiger partial charge < -0.3 is 10.6 Å². The molecule has 0 aliphatic heterocycles. The van der Waals surface area contributed by atoms with Crippen LogP contribution >= 0.6 is 0 Å². The molecule has 1 aromatic heterocycles.